The molecule has 1 aromatic heterocycles. The van der Waals surface area contributed by atoms with E-state index in [-0.39, 0.29) is 23.9 Å². The Bertz CT molecular complexity index is 638. The summed E-state index contributed by atoms with van der Waals surface area (Å²) in [5, 5.41) is 4.48. The first kappa shape index (κ1) is 15.3. The van der Waals surface area contributed by atoms with Gasteiger partial charge >= 0.3 is 5.97 Å². The molecule has 0 unspecified atom stereocenters. The Hall–Kier alpha value is -2.14. The van der Waals surface area contributed by atoms with Crippen molar-refractivity contribution in [3.63, 3.8) is 0 Å². The molecule has 0 aliphatic carbocycles. The van der Waals surface area contributed by atoms with Crippen LogP contribution in [0.15, 0.2) is 30.3 Å². The largest absolute Gasteiger partial charge is 0.461 e. The maximum Gasteiger partial charge on any atom is 0.359 e. The molecule has 2 aromatic rings. The van der Waals surface area contributed by atoms with Crippen molar-refractivity contribution in [3.05, 3.63) is 52.3 Å². The molecular weight excluding hydrogens is 292 g/mol. The number of aldehydes is 1. The minimum Gasteiger partial charge on any atom is -0.461 e. The van der Waals surface area contributed by atoms with Gasteiger partial charge in [0.2, 0.25) is 0 Å². The zero-order valence-corrected chi connectivity index (χ0v) is 12.3. The van der Waals surface area contributed by atoms with Crippen LogP contribution in [0.2, 0.25) is 5.15 Å². The molecule has 2 rings (SSSR count). The van der Waals surface area contributed by atoms with Gasteiger partial charge in [-0.3, -0.25) is 0 Å². The lowest BCUT2D eigenvalue weighted by atomic mass is 10.2. The van der Waals surface area contributed by atoms with E-state index in [0.29, 0.717) is 18.4 Å². The van der Waals surface area contributed by atoms with E-state index in [2.05, 4.69) is 5.10 Å². The van der Waals surface area contributed by atoms with Crippen LogP contribution >= 0.6 is 11.6 Å². The number of aromatic nitrogens is 2. The molecule has 0 N–H and O–H groups in total. The topological polar surface area (TPSA) is 61.2 Å². The smallest absolute Gasteiger partial charge is 0.359 e. The minimum absolute atomic E-state index is 0.0295. The highest BCUT2D eigenvalue weighted by molar-refractivity contribution is 6.31. The fourth-order valence-electron chi connectivity index (χ4n) is 1.97. The monoisotopic (exact) mass is 306 g/mol. The van der Waals surface area contributed by atoms with E-state index < -0.39 is 5.97 Å². The van der Waals surface area contributed by atoms with Gasteiger partial charge in [-0.2, -0.15) is 5.10 Å². The number of ether oxygens (including phenoxy) is 1. The molecule has 0 fully saturated rings. The van der Waals surface area contributed by atoms with Crippen molar-refractivity contribution in [1.82, 2.24) is 9.78 Å². The van der Waals surface area contributed by atoms with Crippen molar-refractivity contribution < 1.29 is 14.3 Å². The van der Waals surface area contributed by atoms with E-state index in [9.17, 15) is 9.59 Å². The third-order valence-electron chi connectivity index (χ3n) is 2.91. The van der Waals surface area contributed by atoms with E-state index in [4.69, 9.17) is 16.3 Å². The fraction of sp³-hybridized carbons (Fsp3) is 0.267. The van der Waals surface area contributed by atoms with Crippen LogP contribution in [0.3, 0.4) is 0 Å². The van der Waals surface area contributed by atoms with Crippen molar-refractivity contribution in [1.29, 1.82) is 0 Å². The van der Waals surface area contributed by atoms with Crippen LogP contribution in [0.4, 0.5) is 0 Å². The standard InChI is InChI=1S/C15H15ClN2O3/c1-2-21-15(20)13-12(8-9-19)14(16)18(17-13)10-11-6-4-3-5-7-11/h3-7,9H,2,8,10H2,1H3. The predicted octanol–water partition coefficient (Wildman–Crippen LogP) is 2.50. The third kappa shape index (κ3) is 3.49. The van der Waals surface area contributed by atoms with Gasteiger partial charge in [0, 0.05) is 12.0 Å². The third-order valence-corrected chi connectivity index (χ3v) is 3.34. The minimum atomic E-state index is -0.567. The van der Waals surface area contributed by atoms with Gasteiger partial charge in [0.15, 0.2) is 5.69 Å². The molecule has 0 spiro atoms. The van der Waals surface area contributed by atoms with Crippen LogP contribution in [0.25, 0.3) is 0 Å². The maximum atomic E-state index is 11.9. The lowest BCUT2D eigenvalue weighted by Gasteiger charge is -2.03. The lowest BCUT2D eigenvalue weighted by molar-refractivity contribution is -0.107. The summed E-state index contributed by atoms with van der Waals surface area (Å²) < 4.78 is 6.45. The van der Waals surface area contributed by atoms with Crippen LogP contribution in [0, 0.1) is 0 Å². The normalized spacial score (nSPS) is 10.4. The van der Waals surface area contributed by atoms with E-state index >= 15 is 0 Å². The number of benzene rings is 1. The summed E-state index contributed by atoms with van der Waals surface area (Å²) in [7, 11) is 0. The molecule has 1 heterocycles. The summed E-state index contributed by atoms with van der Waals surface area (Å²) in [5.41, 5.74) is 1.50. The van der Waals surface area contributed by atoms with Crippen molar-refractivity contribution in [2.45, 2.75) is 19.9 Å². The van der Waals surface area contributed by atoms with Crippen molar-refractivity contribution in [2.75, 3.05) is 6.61 Å². The Balaban J connectivity index is 2.36. The van der Waals surface area contributed by atoms with E-state index in [1.807, 2.05) is 30.3 Å². The number of halogens is 1. The Kier molecular flexibility index (Phi) is 5.11. The number of nitrogens with zero attached hydrogens (tertiary/aromatic N) is 2. The number of rotatable bonds is 6. The first-order valence-corrected chi connectivity index (χ1v) is 6.95. The molecule has 1 aromatic carbocycles. The van der Waals surface area contributed by atoms with Crippen LogP contribution in [0.1, 0.15) is 28.5 Å². The summed E-state index contributed by atoms with van der Waals surface area (Å²) in [6.45, 7) is 2.37. The van der Waals surface area contributed by atoms with Gasteiger partial charge in [0.1, 0.15) is 11.4 Å². The van der Waals surface area contributed by atoms with Gasteiger partial charge in [-0.25, -0.2) is 9.48 Å². The lowest BCUT2D eigenvalue weighted by Crippen LogP contribution is -2.09. The van der Waals surface area contributed by atoms with E-state index in [0.717, 1.165) is 5.56 Å². The van der Waals surface area contributed by atoms with Crippen LogP contribution in [0.5, 0.6) is 0 Å². The average molecular weight is 307 g/mol. The highest BCUT2D eigenvalue weighted by Crippen LogP contribution is 2.22. The molecule has 0 atom stereocenters. The Morgan fingerprint density at radius 1 is 1.38 bits per heavy atom. The number of hydrogen-bond donors (Lipinski definition) is 0. The molecule has 110 valence electrons. The van der Waals surface area contributed by atoms with Crippen LogP contribution < -0.4 is 0 Å². The van der Waals surface area contributed by atoms with Crippen molar-refractivity contribution >= 4 is 23.9 Å². The first-order valence-electron chi connectivity index (χ1n) is 6.57. The van der Waals surface area contributed by atoms with Crippen molar-refractivity contribution in [2.24, 2.45) is 0 Å². The van der Waals surface area contributed by atoms with Gasteiger partial charge < -0.3 is 9.53 Å². The molecular formula is C15H15ClN2O3. The second kappa shape index (κ2) is 7.04. The molecule has 0 saturated carbocycles. The SMILES string of the molecule is CCOC(=O)c1nn(Cc2ccccc2)c(Cl)c1CC=O. The highest BCUT2D eigenvalue weighted by Gasteiger charge is 2.22. The van der Waals surface area contributed by atoms with Crippen LogP contribution in [-0.4, -0.2) is 28.6 Å². The van der Waals surface area contributed by atoms with E-state index in [1.54, 1.807) is 6.92 Å². The van der Waals surface area contributed by atoms with Crippen molar-refractivity contribution in [3.8, 4) is 0 Å². The van der Waals surface area contributed by atoms with E-state index in [1.165, 1.54) is 4.68 Å². The molecule has 5 nitrogen and oxygen atoms in total. The van der Waals surface area contributed by atoms with Gasteiger partial charge in [0.25, 0.3) is 0 Å². The summed E-state index contributed by atoms with van der Waals surface area (Å²) >= 11 is 6.24. The molecule has 0 amide bonds. The second-order valence-electron chi connectivity index (χ2n) is 4.35. The molecule has 0 bridgehead atoms. The average Bonchev–Trinajstić information content (AvgIpc) is 2.78. The Labute approximate surface area is 127 Å². The van der Waals surface area contributed by atoms with Gasteiger partial charge in [-0.05, 0) is 12.5 Å². The molecule has 0 aliphatic heterocycles. The fourth-order valence-corrected chi connectivity index (χ4v) is 2.23. The maximum absolute atomic E-state index is 11.9. The summed E-state index contributed by atoms with van der Waals surface area (Å²) in [6, 6.07) is 9.59. The zero-order chi connectivity index (χ0) is 15.2. The summed E-state index contributed by atoms with van der Waals surface area (Å²) in [5.74, 6) is -0.567. The molecule has 0 radical (unpaired) electrons. The zero-order valence-electron chi connectivity index (χ0n) is 11.6. The highest BCUT2D eigenvalue weighted by atomic mass is 35.5. The molecule has 21 heavy (non-hydrogen) atoms. The van der Waals surface area contributed by atoms with Gasteiger partial charge in [0.05, 0.1) is 13.2 Å². The summed E-state index contributed by atoms with van der Waals surface area (Å²) in [4.78, 5) is 22.7. The van der Waals surface area contributed by atoms with Crippen LogP contribution in [-0.2, 0) is 22.5 Å². The summed E-state index contributed by atoms with van der Waals surface area (Å²) in [6.07, 6.45) is 0.722. The number of hydrogen-bond acceptors (Lipinski definition) is 4. The Morgan fingerprint density at radius 3 is 2.71 bits per heavy atom. The molecule has 0 aliphatic rings. The second-order valence-corrected chi connectivity index (χ2v) is 4.71. The number of carbonyl (C=O) groups is 2. The Morgan fingerprint density at radius 2 is 2.10 bits per heavy atom. The quantitative estimate of drug-likeness (QED) is 0.608. The number of carbonyl (C=O) groups excluding carboxylic acids is 2. The van der Waals surface area contributed by atoms with Gasteiger partial charge in [-0.1, -0.05) is 41.9 Å². The predicted molar refractivity (Wildman–Crippen MR) is 78.5 cm³/mol. The van der Waals surface area contributed by atoms with Gasteiger partial charge in [-0.15, -0.1) is 0 Å². The molecule has 6 heteroatoms. The number of esters is 1. The molecule has 0 saturated heterocycles. The first-order chi connectivity index (χ1) is 10.2.